The average molecular weight is 515 g/mol. The maximum atomic E-state index is 11.2. The fourth-order valence-corrected chi connectivity index (χ4v) is 3.63. The Morgan fingerprint density at radius 1 is 1.17 bits per heavy atom. The molecule has 12 heteroatoms. The topological polar surface area (TPSA) is 142 Å². The number of furan rings is 1. The zero-order valence-corrected chi connectivity index (χ0v) is 20.8. The van der Waals surface area contributed by atoms with Gasteiger partial charge < -0.3 is 32.8 Å². The van der Waals surface area contributed by atoms with Gasteiger partial charge >= 0.3 is 7.60 Å². The molecule has 36 heavy (non-hydrogen) atoms. The van der Waals surface area contributed by atoms with Crippen molar-refractivity contribution >= 4 is 13.7 Å². The van der Waals surface area contributed by atoms with Crippen LogP contribution in [0.25, 0.3) is 17.7 Å². The third-order valence-electron chi connectivity index (χ3n) is 5.12. The first-order valence-corrected chi connectivity index (χ1v) is 12.7. The van der Waals surface area contributed by atoms with Crippen LogP contribution in [0, 0.1) is 6.92 Å². The molecule has 0 aliphatic heterocycles. The number of aryl methyl sites for hydroxylation is 2. The number of rotatable bonds is 11. The van der Waals surface area contributed by atoms with Gasteiger partial charge in [-0.15, -0.1) is 5.10 Å². The molecule has 0 amide bonds. The van der Waals surface area contributed by atoms with E-state index in [1.807, 2.05) is 13.0 Å². The highest BCUT2D eigenvalue weighted by Crippen LogP contribution is 2.38. The number of ether oxygens (including phenoxy) is 3. The van der Waals surface area contributed by atoms with E-state index in [0.717, 1.165) is 11.4 Å². The van der Waals surface area contributed by atoms with Crippen LogP contribution in [0.15, 0.2) is 57.4 Å². The van der Waals surface area contributed by atoms with E-state index in [1.165, 1.54) is 13.2 Å². The predicted molar refractivity (Wildman–Crippen MR) is 130 cm³/mol. The summed E-state index contributed by atoms with van der Waals surface area (Å²) in [5, 5.41) is 4.31. The van der Waals surface area contributed by atoms with Crippen LogP contribution >= 0.6 is 7.60 Å². The molecule has 0 saturated heterocycles. The zero-order valence-electron chi connectivity index (χ0n) is 20.0. The minimum Gasteiger partial charge on any atom is -0.493 e. The standard InChI is InChI=1S/C24H26N3O8P/c1-4-27-13-18(9-11-36(28,29)30)23(26-27)34-14-17-7-8-20(22(12-17)31-3)33-15-19-16(2)35-24(25-19)21-6-5-10-32-21/h5-13H,4,14-15H2,1-3H3,(H2,28,29,30)/b11-9+. The Morgan fingerprint density at radius 3 is 2.69 bits per heavy atom. The smallest absolute Gasteiger partial charge is 0.349 e. The lowest BCUT2D eigenvalue weighted by Gasteiger charge is -2.12. The summed E-state index contributed by atoms with van der Waals surface area (Å²) in [7, 11) is -2.77. The van der Waals surface area contributed by atoms with E-state index in [0.29, 0.717) is 46.7 Å². The molecule has 0 atom stereocenters. The van der Waals surface area contributed by atoms with Gasteiger partial charge in [-0.05, 0) is 49.8 Å². The van der Waals surface area contributed by atoms with E-state index < -0.39 is 7.60 Å². The minimum absolute atomic E-state index is 0.156. The zero-order chi connectivity index (χ0) is 25.7. The first-order valence-electron chi connectivity index (χ1n) is 11.0. The van der Waals surface area contributed by atoms with Gasteiger partial charge in [-0.1, -0.05) is 6.07 Å². The van der Waals surface area contributed by atoms with Crippen molar-refractivity contribution in [3.8, 4) is 29.0 Å². The van der Waals surface area contributed by atoms with Crippen LogP contribution in [0.3, 0.4) is 0 Å². The van der Waals surface area contributed by atoms with E-state index in [-0.39, 0.29) is 19.1 Å². The van der Waals surface area contributed by atoms with Crippen LogP contribution in [0.2, 0.25) is 0 Å². The molecule has 0 bridgehead atoms. The molecular formula is C24H26N3O8P. The predicted octanol–water partition coefficient (Wildman–Crippen LogP) is 4.77. The second-order valence-corrected chi connectivity index (χ2v) is 9.19. The maximum absolute atomic E-state index is 11.2. The minimum atomic E-state index is -4.31. The molecule has 0 aliphatic carbocycles. The van der Waals surface area contributed by atoms with E-state index >= 15 is 0 Å². The van der Waals surface area contributed by atoms with Crippen molar-refractivity contribution in [2.45, 2.75) is 33.6 Å². The SMILES string of the molecule is CCn1cc(/C=C/P(=O)(O)O)c(OCc2ccc(OCc3nc(-c4ccco4)oc3C)c(OC)c2)n1. The van der Waals surface area contributed by atoms with E-state index in [2.05, 4.69) is 10.1 Å². The van der Waals surface area contributed by atoms with Gasteiger partial charge in [0.1, 0.15) is 24.7 Å². The van der Waals surface area contributed by atoms with Gasteiger partial charge in [0.05, 0.1) is 18.9 Å². The largest absolute Gasteiger partial charge is 0.493 e. The van der Waals surface area contributed by atoms with Crippen LogP contribution in [0.1, 0.15) is 29.5 Å². The summed E-state index contributed by atoms with van der Waals surface area (Å²) in [6, 6.07) is 8.89. The van der Waals surface area contributed by atoms with Gasteiger partial charge in [-0.2, -0.15) is 0 Å². The lowest BCUT2D eigenvalue weighted by molar-refractivity contribution is 0.275. The van der Waals surface area contributed by atoms with Gasteiger partial charge in [0, 0.05) is 18.6 Å². The van der Waals surface area contributed by atoms with E-state index in [4.69, 9.17) is 32.8 Å². The number of hydrogen-bond acceptors (Lipinski definition) is 8. The quantitative estimate of drug-likeness (QED) is 0.268. The van der Waals surface area contributed by atoms with E-state index in [1.54, 1.807) is 48.3 Å². The van der Waals surface area contributed by atoms with Crippen molar-refractivity contribution in [2.24, 2.45) is 0 Å². The van der Waals surface area contributed by atoms with Crippen molar-refractivity contribution in [3.05, 3.63) is 71.2 Å². The molecule has 2 N–H and O–H groups in total. The van der Waals surface area contributed by atoms with Crippen LogP contribution in [-0.4, -0.2) is 31.7 Å². The highest BCUT2D eigenvalue weighted by Gasteiger charge is 2.16. The first-order chi connectivity index (χ1) is 17.3. The fourth-order valence-electron chi connectivity index (χ4n) is 3.27. The molecule has 0 fully saturated rings. The Kier molecular flexibility index (Phi) is 7.64. The van der Waals surface area contributed by atoms with Crippen molar-refractivity contribution in [1.82, 2.24) is 14.8 Å². The molecule has 0 saturated carbocycles. The second kappa shape index (κ2) is 10.9. The van der Waals surface area contributed by atoms with Gasteiger partial charge in [0.25, 0.3) is 5.89 Å². The van der Waals surface area contributed by atoms with Crippen molar-refractivity contribution in [2.75, 3.05) is 7.11 Å². The van der Waals surface area contributed by atoms with Crippen LogP contribution in [0.4, 0.5) is 0 Å². The Morgan fingerprint density at radius 2 is 2.00 bits per heavy atom. The normalized spacial score (nSPS) is 11.8. The summed E-state index contributed by atoms with van der Waals surface area (Å²) in [4.78, 5) is 22.7. The molecule has 3 aromatic heterocycles. The highest BCUT2D eigenvalue weighted by molar-refractivity contribution is 7.55. The summed E-state index contributed by atoms with van der Waals surface area (Å²) in [6.45, 7) is 4.61. The Balaban J connectivity index is 1.43. The maximum Gasteiger partial charge on any atom is 0.349 e. The molecule has 4 rings (SSSR count). The molecule has 11 nitrogen and oxygen atoms in total. The molecule has 3 heterocycles. The molecule has 190 valence electrons. The number of methoxy groups -OCH3 is 1. The monoisotopic (exact) mass is 515 g/mol. The number of oxazole rings is 1. The number of nitrogens with zero attached hydrogens (tertiary/aromatic N) is 3. The Bertz CT molecular complexity index is 1380. The van der Waals surface area contributed by atoms with Gasteiger partial charge in [-0.3, -0.25) is 9.25 Å². The third-order valence-corrected chi connectivity index (χ3v) is 5.66. The first kappa shape index (κ1) is 25.3. The molecule has 0 aliphatic rings. The molecule has 1 aromatic carbocycles. The number of aromatic nitrogens is 3. The highest BCUT2D eigenvalue weighted by atomic mass is 31.2. The second-order valence-electron chi connectivity index (χ2n) is 7.71. The summed E-state index contributed by atoms with van der Waals surface area (Å²) >= 11 is 0. The van der Waals surface area contributed by atoms with Crippen molar-refractivity contribution in [1.29, 1.82) is 0 Å². The van der Waals surface area contributed by atoms with Crippen molar-refractivity contribution in [3.63, 3.8) is 0 Å². The summed E-state index contributed by atoms with van der Waals surface area (Å²) in [5.74, 6) is 3.65. The Hall–Kier alpha value is -3.79. The third kappa shape index (κ3) is 6.25. The van der Waals surface area contributed by atoms with Gasteiger partial charge in [0.15, 0.2) is 17.3 Å². The van der Waals surface area contributed by atoms with E-state index in [9.17, 15) is 4.57 Å². The molecule has 0 spiro atoms. The van der Waals surface area contributed by atoms with Crippen LogP contribution in [0.5, 0.6) is 17.4 Å². The summed E-state index contributed by atoms with van der Waals surface area (Å²) in [5.41, 5.74) is 1.88. The number of benzene rings is 1. The van der Waals surface area contributed by atoms with Crippen LogP contribution < -0.4 is 14.2 Å². The lowest BCUT2D eigenvalue weighted by Crippen LogP contribution is -2.02. The fraction of sp³-hybridized carbons (Fsp3) is 0.250. The summed E-state index contributed by atoms with van der Waals surface area (Å²) < 4.78 is 41.0. The molecule has 0 radical (unpaired) electrons. The average Bonchev–Trinajstić information content (AvgIpc) is 3.60. The van der Waals surface area contributed by atoms with Crippen molar-refractivity contribution < 1.29 is 37.4 Å². The lowest BCUT2D eigenvalue weighted by atomic mass is 10.2. The molecule has 0 unspecified atom stereocenters. The van der Waals surface area contributed by atoms with Gasteiger partial charge in [-0.25, -0.2) is 4.98 Å². The number of hydrogen-bond donors (Lipinski definition) is 2. The Labute approximate surface area is 207 Å². The summed E-state index contributed by atoms with van der Waals surface area (Å²) in [6.07, 6.45) is 4.51. The molecule has 4 aromatic rings. The van der Waals surface area contributed by atoms with Crippen LogP contribution in [-0.2, 0) is 24.3 Å². The van der Waals surface area contributed by atoms with Gasteiger partial charge in [0.2, 0.25) is 5.88 Å². The molecular weight excluding hydrogens is 489 g/mol.